The first-order chi connectivity index (χ1) is 14.1. The first kappa shape index (κ1) is 19.2. The molecule has 0 atom stereocenters. The minimum atomic E-state index is -0.134. The van der Waals surface area contributed by atoms with Gasteiger partial charge in [-0.1, -0.05) is 18.2 Å². The van der Waals surface area contributed by atoms with Gasteiger partial charge >= 0.3 is 0 Å². The van der Waals surface area contributed by atoms with E-state index in [4.69, 9.17) is 4.74 Å². The average molecular weight is 391 g/mol. The lowest BCUT2D eigenvalue weighted by Crippen LogP contribution is -2.36. The number of benzene rings is 2. The Morgan fingerprint density at radius 2 is 1.97 bits per heavy atom. The summed E-state index contributed by atoms with van der Waals surface area (Å²) >= 11 is 0. The number of fused-ring (bicyclic) bond motifs is 1. The van der Waals surface area contributed by atoms with Crippen LogP contribution < -0.4 is 15.8 Å². The monoisotopic (exact) mass is 391 g/mol. The number of H-pyrrole nitrogens is 1. The third kappa shape index (κ3) is 4.66. The summed E-state index contributed by atoms with van der Waals surface area (Å²) in [6.45, 7) is 5.13. The highest BCUT2D eigenvalue weighted by Crippen LogP contribution is 2.21. The van der Waals surface area contributed by atoms with Crippen molar-refractivity contribution in [1.29, 1.82) is 0 Å². The highest BCUT2D eigenvalue weighted by atomic mass is 16.5. The number of nitrogens with zero attached hydrogens (tertiary/aromatic N) is 1. The molecule has 1 aliphatic rings. The molecule has 6 nitrogen and oxygen atoms in total. The van der Waals surface area contributed by atoms with E-state index in [0.29, 0.717) is 12.0 Å². The van der Waals surface area contributed by atoms with Crippen LogP contribution >= 0.6 is 0 Å². The number of anilines is 2. The number of carbonyl (C=O) groups is 1. The molecule has 0 unspecified atom stereocenters. The van der Waals surface area contributed by atoms with Crippen LogP contribution in [0.2, 0.25) is 0 Å². The quantitative estimate of drug-likeness (QED) is 0.700. The summed E-state index contributed by atoms with van der Waals surface area (Å²) in [4.78, 5) is 29.9. The van der Waals surface area contributed by atoms with Gasteiger partial charge in [0, 0.05) is 42.0 Å². The van der Waals surface area contributed by atoms with Crippen LogP contribution in [0.3, 0.4) is 0 Å². The maximum atomic E-state index is 12.4. The number of hydrogen-bond donors (Lipinski definition) is 2. The van der Waals surface area contributed by atoms with Crippen LogP contribution in [-0.4, -0.2) is 37.2 Å². The maximum Gasteiger partial charge on any atom is 0.251 e. The summed E-state index contributed by atoms with van der Waals surface area (Å²) < 4.78 is 5.39. The Bertz CT molecular complexity index is 1080. The molecular weight excluding hydrogens is 366 g/mol. The van der Waals surface area contributed by atoms with E-state index in [1.165, 1.54) is 0 Å². The zero-order valence-electron chi connectivity index (χ0n) is 16.5. The topological polar surface area (TPSA) is 74.4 Å². The van der Waals surface area contributed by atoms with Crippen LogP contribution in [0.25, 0.3) is 10.9 Å². The molecule has 1 aliphatic heterocycles. The van der Waals surface area contributed by atoms with Gasteiger partial charge in [-0.3, -0.25) is 9.59 Å². The molecule has 29 heavy (non-hydrogen) atoms. The average Bonchev–Trinajstić information content (AvgIpc) is 2.73. The van der Waals surface area contributed by atoms with E-state index in [2.05, 4.69) is 15.2 Å². The van der Waals surface area contributed by atoms with Gasteiger partial charge in [-0.25, -0.2) is 0 Å². The predicted octanol–water partition coefficient (Wildman–Crippen LogP) is 3.24. The molecule has 1 fully saturated rings. The number of amides is 1. The van der Waals surface area contributed by atoms with Gasteiger partial charge in [0.1, 0.15) is 0 Å². The standard InChI is InChI=1S/C23H25N3O3/c1-16-5-6-17-14-18(23(28)25-21(17)13-16)7-8-22(27)24-19-3-2-4-20(15-19)26-9-11-29-12-10-26/h2-6,13-15H,7-12H2,1H3,(H,24,27)(H,25,28). The number of carbonyl (C=O) groups excluding carboxylic acids is 1. The fourth-order valence-corrected chi connectivity index (χ4v) is 3.62. The highest BCUT2D eigenvalue weighted by molar-refractivity contribution is 5.91. The molecule has 1 amide bonds. The number of aromatic nitrogens is 1. The van der Waals surface area contributed by atoms with Crippen molar-refractivity contribution in [2.45, 2.75) is 19.8 Å². The fraction of sp³-hybridized carbons (Fsp3) is 0.304. The summed E-state index contributed by atoms with van der Waals surface area (Å²) in [7, 11) is 0. The molecule has 0 aliphatic carbocycles. The van der Waals surface area contributed by atoms with Gasteiger partial charge in [-0.2, -0.15) is 0 Å². The second-order valence-corrected chi connectivity index (χ2v) is 7.41. The van der Waals surface area contributed by atoms with Gasteiger partial charge in [-0.15, -0.1) is 0 Å². The van der Waals surface area contributed by atoms with E-state index >= 15 is 0 Å². The van der Waals surface area contributed by atoms with Crippen molar-refractivity contribution in [3.8, 4) is 0 Å². The number of aromatic amines is 1. The Morgan fingerprint density at radius 1 is 1.14 bits per heavy atom. The van der Waals surface area contributed by atoms with Crippen LogP contribution in [0.15, 0.2) is 53.3 Å². The normalized spacial score (nSPS) is 14.2. The molecule has 6 heteroatoms. The summed E-state index contributed by atoms with van der Waals surface area (Å²) in [5.41, 5.74) is 4.25. The number of pyridine rings is 1. The fourth-order valence-electron chi connectivity index (χ4n) is 3.62. The van der Waals surface area contributed by atoms with E-state index < -0.39 is 0 Å². The zero-order valence-corrected chi connectivity index (χ0v) is 16.5. The predicted molar refractivity (Wildman–Crippen MR) is 116 cm³/mol. The van der Waals surface area contributed by atoms with Gasteiger partial charge in [0.25, 0.3) is 5.56 Å². The molecule has 3 aromatic rings. The molecule has 0 radical (unpaired) electrons. The van der Waals surface area contributed by atoms with Crippen molar-refractivity contribution in [3.05, 3.63) is 70.0 Å². The van der Waals surface area contributed by atoms with E-state index in [0.717, 1.165) is 54.1 Å². The Balaban J connectivity index is 1.40. The molecule has 4 rings (SSSR count). The Labute approximate surface area is 169 Å². The van der Waals surface area contributed by atoms with Gasteiger partial charge in [0.15, 0.2) is 0 Å². The minimum Gasteiger partial charge on any atom is -0.378 e. The van der Waals surface area contributed by atoms with Gasteiger partial charge in [0.05, 0.1) is 13.2 Å². The molecule has 1 aromatic heterocycles. The highest BCUT2D eigenvalue weighted by Gasteiger charge is 2.12. The van der Waals surface area contributed by atoms with Gasteiger partial charge in [-0.05, 0) is 54.6 Å². The summed E-state index contributed by atoms with van der Waals surface area (Å²) in [5, 5.41) is 3.92. The molecule has 0 saturated carbocycles. The van der Waals surface area contributed by atoms with Crippen LogP contribution in [0.4, 0.5) is 11.4 Å². The smallest absolute Gasteiger partial charge is 0.251 e. The number of hydrogen-bond acceptors (Lipinski definition) is 4. The second kappa shape index (κ2) is 8.49. The largest absolute Gasteiger partial charge is 0.378 e. The molecule has 2 aromatic carbocycles. The molecule has 150 valence electrons. The van der Waals surface area contributed by atoms with E-state index in [9.17, 15) is 9.59 Å². The molecule has 2 heterocycles. The molecule has 1 saturated heterocycles. The number of ether oxygens (including phenoxy) is 1. The number of morpholine rings is 1. The summed E-state index contributed by atoms with van der Waals surface area (Å²) in [6, 6.07) is 15.7. The summed E-state index contributed by atoms with van der Waals surface area (Å²) in [5.74, 6) is -0.104. The number of nitrogens with one attached hydrogen (secondary N) is 2. The van der Waals surface area contributed by atoms with E-state index in [1.54, 1.807) is 0 Å². The van der Waals surface area contributed by atoms with Crippen molar-refractivity contribution in [2.24, 2.45) is 0 Å². The minimum absolute atomic E-state index is 0.104. The SMILES string of the molecule is Cc1ccc2cc(CCC(=O)Nc3cccc(N4CCOCC4)c3)c(=O)[nH]c2c1. The van der Waals surface area contributed by atoms with Crippen molar-refractivity contribution in [2.75, 3.05) is 36.5 Å². The van der Waals surface area contributed by atoms with Crippen LogP contribution in [-0.2, 0) is 16.0 Å². The maximum absolute atomic E-state index is 12.4. The molecule has 2 N–H and O–H groups in total. The Hall–Kier alpha value is -3.12. The Morgan fingerprint density at radius 3 is 2.79 bits per heavy atom. The summed E-state index contributed by atoms with van der Waals surface area (Å²) in [6.07, 6.45) is 0.649. The van der Waals surface area contributed by atoms with Crippen molar-refractivity contribution in [1.82, 2.24) is 4.98 Å². The Kier molecular flexibility index (Phi) is 5.62. The lowest BCUT2D eigenvalue weighted by Gasteiger charge is -2.29. The van der Waals surface area contributed by atoms with Crippen molar-refractivity contribution >= 4 is 28.2 Å². The van der Waals surface area contributed by atoms with E-state index in [-0.39, 0.29) is 17.9 Å². The van der Waals surface area contributed by atoms with Gasteiger partial charge in [0.2, 0.25) is 5.91 Å². The molecule has 0 spiro atoms. The lowest BCUT2D eigenvalue weighted by molar-refractivity contribution is -0.116. The number of aryl methyl sites for hydroxylation is 2. The molecular formula is C23H25N3O3. The molecule has 0 bridgehead atoms. The van der Waals surface area contributed by atoms with Gasteiger partial charge < -0.3 is 19.9 Å². The van der Waals surface area contributed by atoms with Crippen LogP contribution in [0, 0.1) is 6.92 Å². The third-order valence-electron chi connectivity index (χ3n) is 5.21. The van der Waals surface area contributed by atoms with Crippen LogP contribution in [0.1, 0.15) is 17.5 Å². The van der Waals surface area contributed by atoms with Crippen LogP contribution in [0.5, 0.6) is 0 Å². The number of rotatable bonds is 5. The third-order valence-corrected chi connectivity index (χ3v) is 5.21. The first-order valence-electron chi connectivity index (χ1n) is 9.94. The van der Waals surface area contributed by atoms with Crippen molar-refractivity contribution in [3.63, 3.8) is 0 Å². The second-order valence-electron chi connectivity index (χ2n) is 7.41. The zero-order chi connectivity index (χ0) is 20.2. The first-order valence-corrected chi connectivity index (χ1v) is 9.94. The van der Waals surface area contributed by atoms with E-state index in [1.807, 2.05) is 55.5 Å². The van der Waals surface area contributed by atoms with Crippen molar-refractivity contribution < 1.29 is 9.53 Å². The lowest BCUT2D eigenvalue weighted by atomic mass is 10.1.